The van der Waals surface area contributed by atoms with Gasteiger partial charge in [-0.05, 0) is 19.3 Å². The summed E-state index contributed by atoms with van der Waals surface area (Å²) in [6.07, 6.45) is 6.11. The lowest BCUT2D eigenvalue weighted by Gasteiger charge is -2.54. The molecule has 17 heavy (non-hydrogen) atoms. The van der Waals surface area contributed by atoms with Crippen LogP contribution in [0.3, 0.4) is 0 Å². The van der Waals surface area contributed by atoms with E-state index < -0.39 is 0 Å². The van der Waals surface area contributed by atoms with Crippen LogP contribution in [0.15, 0.2) is 42.0 Å². The molecule has 1 aromatic rings. The lowest BCUT2D eigenvalue weighted by atomic mass is 9.89. The summed E-state index contributed by atoms with van der Waals surface area (Å²) in [6, 6.07) is 10.1. The number of quaternary nitrogens is 1. The average Bonchev–Trinajstić information content (AvgIpc) is 2.80. The molecule has 0 radical (unpaired) electrons. The van der Waals surface area contributed by atoms with E-state index >= 15 is 0 Å². The van der Waals surface area contributed by atoms with Crippen molar-refractivity contribution in [3.05, 3.63) is 52.8 Å². The number of allylic oxidation sites excluding steroid dienone is 1. The highest BCUT2D eigenvalue weighted by Crippen LogP contribution is 2.36. The number of hydrogen-bond donors (Lipinski definition) is 0. The largest absolute Gasteiger partial charge is 0.633 e. The molecule has 0 aromatic heterocycles. The van der Waals surface area contributed by atoms with E-state index in [1.807, 2.05) is 18.2 Å². The van der Waals surface area contributed by atoms with Crippen LogP contribution in [-0.2, 0) is 6.54 Å². The van der Waals surface area contributed by atoms with E-state index in [-0.39, 0.29) is 4.65 Å². The molecule has 1 saturated heterocycles. The Morgan fingerprint density at radius 3 is 2.59 bits per heavy atom. The Balaban J connectivity index is 1.59. The average molecular weight is 229 g/mol. The summed E-state index contributed by atoms with van der Waals surface area (Å²) in [5, 5.41) is 12.4. The Morgan fingerprint density at radius 2 is 1.94 bits per heavy atom. The van der Waals surface area contributed by atoms with Gasteiger partial charge in [-0.25, -0.2) is 0 Å². The van der Waals surface area contributed by atoms with Gasteiger partial charge in [-0.1, -0.05) is 42.0 Å². The second-order valence-corrected chi connectivity index (χ2v) is 5.44. The molecule has 1 aliphatic heterocycles. The van der Waals surface area contributed by atoms with Gasteiger partial charge in [0.15, 0.2) is 0 Å². The monoisotopic (exact) mass is 229 g/mol. The molecular weight excluding hydrogens is 210 g/mol. The van der Waals surface area contributed by atoms with Gasteiger partial charge in [0, 0.05) is 5.56 Å². The number of rotatable bonds is 3. The van der Waals surface area contributed by atoms with E-state index in [0.717, 1.165) is 13.1 Å². The summed E-state index contributed by atoms with van der Waals surface area (Å²) in [4.78, 5) is 0. The van der Waals surface area contributed by atoms with Crippen LogP contribution >= 0.6 is 0 Å². The third kappa shape index (κ3) is 2.28. The summed E-state index contributed by atoms with van der Waals surface area (Å²) in [5.41, 5.74) is 2.73. The van der Waals surface area contributed by atoms with E-state index in [2.05, 4.69) is 18.2 Å². The van der Waals surface area contributed by atoms with Crippen LogP contribution in [0.2, 0.25) is 0 Å². The molecule has 0 N–H and O–H groups in total. The Hall–Kier alpha value is -1.12. The van der Waals surface area contributed by atoms with Crippen molar-refractivity contribution in [3.63, 3.8) is 0 Å². The van der Waals surface area contributed by atoms with Gasteiger partial charge in [-0.3, -0.25) is 0 Å². The Kier molecular flexibility index (Phi) is 2.77. The molecule has 0 amide bonds. The fourth-order valence-corrected chi connectivity index (χ4v) is 3.10. The van der Waals surface area contributed by atoms with Crippen molar-refractivity contribution in [1.29, 1.82) is 0 Å². The van der Waals surface area contributed by atoms with E-state index in [0.29, 0.717) is 12.5 Å². The topological polar surface area (TPSA) is 23.1 Å². The number of hydrogen-bond acceptors (Lipinski definition) is 1. The lowest BCUT2D eigenvalue weighted by molar-refractivity contribution is -0.940. The maximum absolute atomic E-state index is 12.4. The van der Waals surface area contributed by atoms with Crippen molar-refractivity contribution in [3.8, 4) is 0 Å². The standard InChI is InChI=1S/C15H19NO/c17-16(10-13-6-2-1-3-7-13)11-15(12-16)14-8-4-5-9-14/h1-3,6-8,15H,4-5,9-12H2. The Labute approximate surface area is 103 Å². The van der Waals surface area contributed by atoms with Crippen molar-refractivity contribution in [2.45, 2.75) is 25.8 Å². The van der Waals surface area contributed by atoms with Crippen molar-refractivity contribution in [2.75, 3.05) is 13.1 Å². The summed E-state index contributed by atoms with van der Waals surface area (Å²) < 4.78 is -0.0218. The van der Waals surface area contributed by atoms with Gasteiger partial charge in [0.2, 0.25) is 0 Å². The van der Waals surface area contributed by atoms with Crippen molar-refractivity contribution < 1.29 is 4.65 Å². The van der Waals surface area contributed by atoms with Crippen LogP contribution in [0.4, 0.5) is 0 Å². The van der Waals surface area contributed by atoms with Gasteiger partial charge >= 0.3 is 0 Å². The molecule has 0 spiro atoms. The van der Waals surface area contributed by atoms with Gasteiger partial charge in [-0.2, -0.15) is 0 Å². The maximum Gasteiger partial charge on any atom is 0.104 e. The molecule has 2 nitrogen and oxygen atoms in total. The normalized spacial score (nSPS) is 32.1. The van der Waals surface area contributed by atoms with Crippen molar-refractivity contribution >= 4 is 0 Å². The van der Waals surface area contributed by atoms with E-state index in [4.69, 9.17) is 0 Å². The third-order valence-electron chi connectivity index (χ3n) is 4.02. The molecule has 1 heterocycles. The zero-order chi connectivity index (χ0) is 11.7. The van der Waals surface area contributed by atoms with Crippen LogP contribution in [0.1, 0.15) is 24.8 Å². The van der Waals surface area contributed by atoms with Crippen LogP contribution in [-0.4, -0.2) is 17.7 Å². The van der Waals surface area contributed by atoms with Crippen LogP contribution < -0.4 is 0 Å². The van der Waals surface area contributed by atoms with Gasteiger partial charge in [0.05, 0.1) is 19.0 Å². The molecule has 1 fully saturated rings. The van der Waals surface area contributed by atoms with Gasteiger partial charge in [0.25, 0.3) is 0 Å². The van der Waals surface area contributed by atoms with E-state index in [1.165, 1.54) is 24.8 Å². The molecule has 0 unspecified atom stereocenters. The molecule has 0 atom stereocenters. The van der Waals surface area contributed by atoms with E-state index in [9.17, 15) is 5.21 Å². The highest BCUT2D eigenvalue weighted by molar-refractivity contribution is 5.16. The first-order valence-corrected chi connectivity index (χ1v) is 6.55. The summed E-state index contributed by atoms with van der Waals surface area (Å²) >= 11 is 0. The molecule has 1 aromatic carbocycles. The second kappa shape index (κ2) is 4.28. The fourth-order valence-electron chi connectivity index (χ4n) is 3.10. The summed E-state index contributed by atoms with van der Waals surface area (Å²) in [5.74, 6) is 0.582. The number of hydroxylamine groups is 3. The number of nitrogens with zero attached hydrogens (tertiary/aromatic N) is 1. The molecule has 2 heteroatoms. The molecule has 90 valence electrons. The maximum atomic E-state index is 12.4. The zero-order valence-corrected chi connectivity index (χ0v) is 10.1. The van der Waals surface area contributed by atoms with Crippen molar-refractivity contribution in [2.24, 2.45) is 5.92 Å². The molecule has 0 bridgehead atoms. The predicted molar refractivity (Wildman–Crippen MR) is 68.9 cm³/mol. The third-order valence-corrected chi connectivity index (χ3v) is 4.02. The Morgan fingerprint density at radius 1 is 1.18 bits per heavy atom. The highest BCUT2D eigenvalue weighted by Gasteiger charge is 2.39. The highest BCUT2D eigenvalue weighted by atomic mass is 16.5. The van der Waals surface area contributed by atoms with Gasteiger partial charge in [-0.15, -0.1) is 0 Å². The fraction of sp³-hybridized carbons (Fsp3) is 0.467. The first-order valence-electron chi connectivity index (χ1n) is 6.55. The summed E-state index contributed by atoms with van der Waals surface area (Å²) in [7, 11) is 0. The minimum atomic E-state index is -0.0218. The van der Waals surface area contributed by atoms with Gasteiger partial charge in [0.1, 0.15) is 6.54 Å². The smallest absolute Gasteiger partial charge is 0.104 e. The molecular formula is C15H19NO. The molecule has 1 aliphatic carbocycles. The summed E-state index contributed by atoms with van der Waals surface area (Å²) in [6.45, 7) is 2.23. The van der Waals surface area contributed by atoms with Crippen LogP contribution in [0.25, 0.3) is 0 Å². The second-order valence-electron chi connectivity index (χ2n) is 5.44. The predicted octanol–water partition coefficient (Wildman–Crippen LogP) is 3.24. The quantitative estimate of drug-likeness (QED) is 0.443. The van der Waals surface area contributed by atoms with E-state index in [1.54, 1.807) is 5.57 Å². The number of benzene rings is 1. The van der Waals surface area contributed by atoms with Crippen molar-refractivity contribution in [1.82, 2.24) is 0 Å². The first kappa shape index (κ1) is 11.0. The molecule has 0 saturated carbocycles. The minimum Gasteiger partial charge on any atom is -0.633 e. The van der Waals surface area contributed by atoms with Crippen LogP contribution in [0.5, 0.6) is 0 Å². The number of likely N-dealkylation sites (tertiary alicyclic amines) is 1. The Bertz CT molecular complexity index is 418. The first-order chi connectivity index (χ1) is 8.25. The zero-order valence-electron chi connectivity index (χ0n) is 10.1. The SMILES string of the molecule is [O-][N+]1(Cc2ccccc2)CC(C2=CCCC2)C1. The molecule has 2 aliphatic rings. The molecule has 3 rings (SSSR count). The lowest BCUT2D eigenvalue weighted by Crippen LogP contribution is -2.59. The van der Waals surface area contributed by atoms with Crippen LogP contribution in [0, 0.1) is 11.1 Å². The van der Waals surface area contributed by atoms with Gasteiger partial charge < -0.3 is 9.85 Å². The minimum absolute atomic E-state index is 0.0218.